The minimum Gasteiger partial charge on any atom is -0.357 e. The van der Waals surface area contributed by atoms with Gasteiger partial charge in [-0.3, -0.25) is 4.99 Å². The molecule has 15 heavy (non-hydrogen) atoms. The predicted octanol–water partition coefficient (Wildman–Crippen LogP) is 2.06. The molecule has 0 saturated heterocycles. The van der Waals surface area contributed by atoms with Crippen LogP contribution in [0.15, 0.2) is 35.3 Å². The molecule has 1 aliphatic heterocycles. The van der Waals surface area contributed by atoms with E-state index in [1.54, 1.807) is 6.92 Å². The summed E-state index contributed by atoms with van der Waals surface area (Å²) in [5.41, 5.74) is 1.36. The number of rotatable bonds is 2. The van der Waals surface area contributed by atoms with Gasteiger partial charge in [-0.1, -0.05) is 37.3 Å². The molecule has 0 unspecified atom stereocenters. The highest BCUT2D eigenvalue weighted by Gasteiger charge is 2.41. The predicted molar refractivity (Wildman–Crippen MR) is 58.6 cm³/mol. The number of aliphatic imine (C=N–C) groups is 1. The summed E-state index contributed by atoms with van der Waals surface area (Å²) in [5, 5.41) is 10.4. The first-order chi connectivity index (χ1) is 7.16. The molecule has 1 aromatic carbocycles. The Morgan fingerprint density at radius 1 is 1.40 bits per heavy atom. The van der Waals surface area contributed by atoms with Crippen molar-refractivity contribution in [3.05, 3.63) is 35.9 Å². The Bertz CT molecular complexity index is 374. The van der Waals surface area contributed by atoms with Gasteiger partial charge in [-0.05, 0) is 13.3 Å². The van der Waals surface area contributed by atoms with Crippen molar-refractivity contribution < 1.29 is 9.84 Å². The summed E-state index contributed by atoms with van der Waals surface area (Å²) in [6.07, 6.45) is 0.544. The van der Waals surface area contributed by atoms with E-state index in [4.69, 9.17) is 4.74 Å². The molecule has 1 N–H and O–H groups in total. The maximum atomic E-state index is 10.4. The molecule has 1 aliphatic rings. The standard InChI is InChI=1S/C12H15NO2/c1-3-11-13-9(2)12(14,15-11)10-7-5-4-6-8-10/h4-8,11,14H,3H2,1-2H3/t11-,12-/m0/s1. The highest BCUT2D eigenvalue weighted by molar-refractivity contribution is 5.91. The molecule has 0 aromatic heterocycles. The quantitative estimate of drug-likeness (QED) is 0.803. The second-order valence-corrected chi connectivity index (χ2v) is 3.71. The van der Waals surface area contributed by atoms with E-state index in [0.717, 1.165) is 12.0 Å². The van der Waals surface area contributed by atoms with Crippen LogP contribution in [0.3, 0.4) is 0 Å². The van der Waals surface area contributed by atoms with Crippen LogP contribution < -0.4 is 0 Å². The lowest BCUT2D eigenvalue weighted by Gasteiger charge is -2.23. The van der Waals surface area contributed by atoms with Gasteiger partial charge in [-0.2, -0.15) is 0 Å². The van der Waals surface area contributed by atoms with E-state index in [0.29, 0.717) is 5.71 Å². The Balaban J connectivity index is 2.34. The summed E-state index contributed by atoms with van der Waals surface area (Å²) in [5.74, 6) is -1.33. The minimum atomic E-state index is -1.33. The highest BCUT2D eigenvalue weighted by atomic mass is 16.6. The zero-order chi connectivity index (χ0) is 10.9. The van der Waals surface area contributed by atoms with E-state index >= 15 is 0 Å². The van der Waals surface area contributed by atoms with Crippen molar-refractivity contribution >= 4 is 5.71 Å². The molecule has 0 spiro atoms. The summed E-state index contributed by atoms with van der Waals surface area (Å²) in [4.78, 5) is 4.28. The van der Waals surface area contributed by atoms with Crippen LogP contribution >= 0.6 is 0 Å². The SMILES string of the molecule is CC[C@H]1N=C(C)[C@@](O)(c2ccccc2)O1. The highest BCUT2D eigenvalue weighted by Crippen LogP contribution is 2.32. The fraction of sp³-hybridized carbons (Fsp3) is 0.417. The lowest BCUT2D eigenvalue weighted by atomic mass is 10.0. The van der Waals surface area contributed by atoms with Gasteiger partial charge in [0, 0.05) is 5.56 Å². The molecule has 0 fully saturated rings. The summed E-state index contributed by atoms with van der Waals surface area (Å²) >= 11 is 0. The van der Waals surface area contributed by atoms with Crippen molar-refractivity contribution in [1.29, 1.82) is 0 Å². The molecule has 0 saturated carbocycles. The van der Waals surface area contributed by atoms with Gasteiger partial charge in [-0.25, -0.2) is 0 Å². The largest absolute Gasteiger partial charge is 0.357 e. The van der Waals surface area contributed by atoms with Gasteiger partial charge in [0.25, 0.3) is 0 Å². The zero-order valence-electron chi connectivity index (χ0n) is 8.97. The summed E-state index contributed by atoms with van der Waals surface area (Å²) in [6, 6.07) is 9.35. The molecular formula is C12H15NO2. The van der Waals surface area contributed by atoms with E-state index in [1.807, 2.05) is 37.3 Å². The second-order valence-electron chi connectivity index (χ2n) is 3.71. The van der Waals surface area contributed by atoms with E-state index < -0.39 is 5.79 Å². The topological polar surface area (TPSA) is 41.8 Å². The van der Waals surface area contributed by atoms with E-state index in [1.165, 1.54) is 0 Å². The molecule has 1 aromatic rings. The zero-order valence-corrected chi connectivity index (χ0v) is 8.97. The lowest BCUT2D eigenvalue weighted by Crippen LogP contribution is -2.33. The van der Waals surface area contributed by atoms with Crippen LogP contribution in [0, 0.1) is 0 Å². The van der Waals surface area contributed by atoms with Crippen molar-refractivity contribution in [1.82, 2.24) is 0 Å². The number of hydrogen-bond donors (Lipinski definition) is 1. The molecule has 3 nitrogen and oxygen atoms in total. The Morgan fingerprint density at radius 3 is 2.60 bits per heavy atom. The third-order valence-electron chi connectivity index (χ3n) is 2.65. The van der Waals surface area contributed by atoms with Crippen LogP contribution in [-0.4, -0.2) is 17.0 Å². The van der Waals surface area contributed by atoms with Gasteiger partial charge in [0.1, 0.15) is 0 Å². The van der Waals surface area contributed by atoms with Gasteiger partial charge in [0.2, 0.25) is 5.79 Å². The molecule has 3 heteroatoms. The van der Waals surface area contributed by atoms with Crippen LogP contribution in [-0.2, 0) is 10.5 Å². The number of aliphatic hydroxyl groups is 1. The molecule has 1 heterocycles. The fourth-order valence-corrected chi connectivity index (χ4v) is 1.73. The van der Waals surface area contributed by atoms with Crippen LogP contribution in [0.2, 0.25) is 0 Å². The normalized spacial score (nSPS) is 30.3. The summed E-state index contributed by atoms with van der Waals surface area (Å²) in [7, 11) is 0. The molecule has 2 atom stereocenters. The van der Waals surface area contributed by atoms with E-state index in [9.17, 15) is 5.11 Å². The maximum absolute atomic E-state index is 10.4. The van der Waals surface area contributed by atoms with Gasteiger partial charge < -0.3 is 9.84 Å². The van der Waals surface area contributed by atoms with Crippen LogP contribution in [0.4, 0.5) is 0 Å². The first-order valence-electron chi connectivity index (χ1n) is 5.17. The summed E-state index contributed by atoms with van der Waals surface area (Å²) < 4.78 is 5.55. The van der Waals surface area contributed by atoms with Gasteiger partial charge in [0.15, 0.2) is 6.23 Å². The number of hydrogen-bond acceptors (Lipinski definition) is 3. The van der Waals surface area contributed by atoms with Crippen molar-refractivity contribution in [2.24, 2.45) is 4.99 Å². The van der Waals surface area contributed by atoms with Gasteiger partial charge in [0.05, 0.1) is 5.71 Å². The Morgan fingerprint density at radius 2 is 2.07 bits per heavy atom. The molecule has 80 valence electrons. The smallest absolute Gasteiger partial charge is 0.234 e. The second kappa shape index (κ2) is 3.76. The van der Waals surface area contributed by atoms with Crippen molar-refractivity contribution in [2.45, 2.75) is 32.3 Å². The average Bonchev–Trinajstić information content (AvgIpc) is 2.57. The Kier molecular flexibility index (Phi) is 2.59. The maximum Gasteiger partial charge on any atom is 0.234 e. The molecule has 0 aliphatic carbocycles. The van der Waals surface area contributed by atoms with Crippen molar-refractivity contribution in [3.8, 4) is 0 Å². The molecule has 0 amide bonds. The van der Waals surface area contributed by atoms with Crippen LogP contribution in [0.1, 0.15) is 25.8 Å². The van der Waals surface area contributed by atoms with E-state index in [-0.39, 0.29) is 6.23 Å². The van der Waals surface area contributed by atoms with E-state index in [2.05, 4.69) is 4.99 Å². The third-order valence-corrected chi connectivity index (χ3v) is 2.65. The third kappa shape index (κ3) is 1.68. The first-order valence-corrected chi connectivity index (χ1v) is 5.17. The van der Waals surface area contributed by atoms with Crippen molar-refractivity contribution in [2.75, 3.05) is 0 Å². The van der Waals surface area contributed by atoms with Gasteiger partial charge >= 0.3 is 0 Å². The number of ether oxygens (including phenoxy) is 1. The molecule has 0 bridgehead atoms. The first kappa shape index (κ1) is 10.3. The molecule has 2 rings (SSSR count). The Labute approximate surface area is 89.4 Å². The number of nitrogens with zero attached hydrogens (tertiary/aromatic N) is 1. The lowest BCUT2D eigenvalue weighted by molar-refractivity contribution is -0.171. The average molecular weight is 205 g/mol. The molecular weight excluding hydrogens is 190 g/mol. The summed E-state index contributed by atoms with van der Waals surface area (Å²) in [6.45, 7) is 3.78. The monoisotopic (exact) mass is 205 g/mol. The Hall–Kier alpha value is -1.19. The fourth-order valence-electron chi connectivity index (χ4n) is 1.73. The number of benzene rings is 1. The van der Waals surface area contributed by atoms with Crippen LogP contribution in [0.5, 0.6) is 0 Å². The van der Waals surface area contributed by atoms with Crippen LogP contribution in [0.25, 0.3) is 0 Å². The molecule has 0 radical (unpaired) electrons. The van der Waals surface area contributed by atoms with Crippen molar-refractivity contribution in [3.63, 3.8) is 0 Å². The van der Waals surface area contributed by atoms with Gasteiger partial charge in [-0.15, -0.1) is 0 Å². The minimum absolute atomic E-state index is 0.227.